The molecule has 0 saturated heterocycles. The first-order valence-corrected chi connectivity index (χ1v) is 3.84. The molecular weight excluding hydrogens is 144 g/mol. The molecule has 2 N–H and O–H groups in total. The zero-order valence-corrected chi connectivity index (χ0v) is 7.13. The molecule has 10 heavy (non-hydrogen) atoms. The molecule has 0 fully saturated rings. The summed E-state index contributed by atoms with van der Waals surface area (Å²) in [5, 5.41) is 6.72. The van der Waals surface area contributed by atoms with Crippen LogP contribution in [0.1, 0.15) is 13.3 Å². The quantitative estimate of drug-likeness (QED) is 0.472. The van der Waals surface area contributed by atoms with Crippen LogP contribution < -0.4 is 10.6 Å². The highest BCUT2D eigenvalue weighted by Crippen LogP contribution is 1.71. The Labute approximate surface area is 67.7 Å². The lowest BCUT2D eigenvalue weighted by molar-refractivity contribution is 0.819. The Balaban J connectivity index is 3.16. The van der Waals surface area contributed by atoms with Gasteiger partial charge < -0.3 is 10.6 Å². The van der Waals surface area contributed by atoms with Gasteiger partial charge in [0.1, 0.15) is 0 Å². The summed E-state index contributed by atoms with van der Waals surface area (Å²) >= 11 is 4.91. The maximum Gasteiger partial charge on any atom is 0.166 e. The van der Waals surface area contributed by atoms with Gasteiger partial charge in [-0.25, -0.2) is 0 Å². The molecule has 0 spiro atoms. The highest BCUT2D eigenvalue weighted by atomic mass is 32.1. The van der Waals surface area contributed by atoms with Crippen LogP contribution in [0.3, 0.4) is 0 Å². The molecule has 0 aliphatic heterocycles. The number of hydrogen-bond acceptors (Lipinski definition) is 1. The zero-order valence-electron chi connectivity index (χ0n) is 6.31. The fourth-order valence-corrected chi connectivity index (χ4v) is 0.651. The van der Waals surface area contributed by atoms with Crippen molar-refractivity contribution in [1.82, 2.24) is 10.6 Å². The fraction of sp³-hybridized carbons (Fsp3) is 0.571. The van der Waals surface area contributed by atoms with Crippen LogP contribution in [-0.2, 0) is 0 Å². The third kappa shape index (κ3) is 5.56. The molecule has 0 aliphatic rings. The molecule has 0 unspecified atom stereocenters. The second-order valence-corrected chi connectivity index (χ2v) is 2.33. The Morgan fingerprint density at radius 2 is 2.30 bits per heavy atom. The van der Waals surface area contributed by atoms with E-state index in [1.807, 2.05) is 0 Å². The third-order valence-corrected chi connectivity index (χ3v) is 1.23. The van der Waals surface area contributed by atoms with Gasteiger partial charge in [0.15, 0.2) is 5.11 Å². The topological polar surface area (TPSA) is 24.1 Å². The number of hydrogen-bond donors (Lipinski definition) is 2. The molecule has 0 aromatic heterocycles. The van der Waals surface area contributed by atoms with Crippen molar-refractivity contribution in [2.45, 2.75) is 13.3 Å². The molecule has 0 aliphatic carbocycles. The van der Waals surface area contributed by atoms with E-state index in [1.165, 1.54) is 0 Å². The van der Waals surface area contributed by atoms with E-state index in [0.717, 1.165) is 19.5 Å². The summed E-state index contributed by atoms with van der Waals surface area (Å²) in [5.41, 5.74) is 0. The first-order chi connectivity index (χ1) is 4.81. The number of rotatable bonds is 4. The van der Waals surface area contributed by atoms with E-state index in [2.05, 4.69) is 24.1 Å². The maximum atomic E-state index is 4.91. The average molecular weight is 158 g/mol. The molecule has 0 radical (unpaired) electrons. The summed E-state index contributed by atoms with van der Waals surface area (Å²) in [7, 11) is 0. The molecule has 58 valence electrons. The Bertz CT molecular complexity index is 112. The largest absolute Gasteiger partial charge is 0.363 e. The SMILES string of the molecule is C=CCNC(=S)NCCC. The van der Waals surface area contributed by atoms with E-state index in [9.17, 15) is 0 Å². The standard InChI is InChI=1S/C7H14N2S/c1-3-5-8-7(10)9-6-4-2/h3H,1,4-6H2,2H3,(H2,8,9,10). The van der Waals surface area contributed by atoms with Crippen LogP contribution in [0, 0.1) is 0 Å². The molecule has 0 aromatic rings. The van der Waals surface area contributed by atoms with Crippen LogP contribution in [0.4, 0.5) is 0 Å². The van der Waals surface area contributed by atoms with Gasteiger partial charge in [-0.3, -0.25) is 0 Å². The van der Waals surface area contributed by atoms with Gasteiger partial charge in [-0.1, -0.05) is 13.0 Å². The summed E-state index contributed by atoms with van der Waals surface area (Å²) in [5.74, 6) is 0. The molecule has 0 bridgehead atoms. The van der Waals surface area contributed by atoms with Crippen molar-refractivity contribution >= 4 is 17.3 Å². The van der Waals surface area contributed by atoms with Gasteiger partial charge >= 0.3 is 0 Å². The van der Waals surface area contributed by atoms with Crippen molar-refractivity contribution < 1.29 is 0 Å². The van der Waals surface area contributed by atoms with E-state index in [0.29, 0.717) is 5.11 Å². The van der Waals surface area contributed by atoms with Gasteiger partial charge in [0.2, 0.25) is 0 Å². The lowest BCUT2D eigenvalue weighted by atomic mass is 10.5. The van der Waals surface area contributed by atoms with E-state index >= 15 is 0 Å². The van der Waals surface area contributed by atoms with Crippen LogP contribution in [-0.4, -0.2) is 18.2 Å². The molecule has 0 amide bonds. The van der Waals surface area contributed by atoms with Crippen LogP contribution in [0.2, 0.25) is 0 Å². The second-order valence-electron chi connectivity index (χ2n) is 1.93. The van der Waals surface area contributed by atoms with Gasteiger partial charge in [-0.05, 0) is 18.6 Å². The lowest BCUT2D eigenvalue weighted by Crippen LogP contribution is -2.35. The average Bonchev–Trinajstić information content (AvgIpc) is 1.97. The summed E-state index contributed by atoms with van der Waals surface area (Å²) in [6.45, 7) is 7.33. The van der Waals surface area contributed by atoms with Crippen LogP contribution in [0.15, 0.2) is 12.7 Å². The third-order valence-electron chi connectivity index (χ3n) is 0.943. The zero-order chi connectivity index (χ0) is 7.82. The molecule has 0 heterocycles. The number of nitrogens with one attached hydrogen (secondary N) is 2. The minimum absolute atomic E-state index is 0.710. The summed E-state index contributed by atoms with van der Waals surface area (Å²) in [4.78, 5) is 0. The van der Waals surface area contributed by atoms with Gasteiger partial charge in [-0.15, -0.1) is 6.58 Å². The van der Waals surface area contributed by atoms with Crippen molar-refractivity contribution in [3.63, 3.8) is 0 Å². The van der Waals surface area contributed by atoms with Crippen molar-refractivity contribution in [1.29, 1.82) is 0 Å². The Morgan fingerprint density at radius 3 is 2.80 bits per heavy atom. The van der Waals surface area contributed by atoms with E-state index in [-0.39, 0.29) is 0 Å². The van der Waals surface area contributed by atoms with E-state index in [1.54, 1.807) is 6.08 Å². The van der Waals surface area contributed by atoms with Gasteiger partial charge in [-0.2, -0.15) is 0 Å². The molecule has 0 aromatic carbocycles. The van der Waals surface area contributed by atoms with Gasteiger partial charge in [0.25, 0.3) is 0 Å². The maximum absolute atomic E-state index is 4.91. The number of thiocarbonyl (C=S) groups is 1. The molecular formula is C7H14N2S. The Kier molecular flexibility index (Phi) is 6.18. The van der Waals surface area contributed by atoms with Gasteiger partial charge in [0, 0.05) is 13.1 Å². The highest BCUT2D eigenvalue weighted by molar-refractivity contribution is 7.80. The molecule has 2 nitrogen and oxygen atoms in total. The minimum atomic E-state index is 0.710. The first-order valence-electron chi connectivity index (χ1n) is 3.43. The highest BCUT2D eigenvalue weighted by Gasteiger charge is 1.87. The molecule has 0 rings (SSSR count). The summed E-state index contributed by atoms with van der Waals surface area (Å²) in [6.07, 6.45) is 2.87. The Hall–Kier alpha value is -0.570. The minimum Gasteiger partial charge on any atom is -0.363 e. The van der Waals surface area contributed by atoms with Crippen LogP contribution in [0.5, 0.6) is 0 Å². The van der Waals surface area contributed by atoms with Gasteiger partial charge in [0.05, 0.1) is 0 Å². The van der Waals surface area contributed by atoms with E-state index in [4.69, 9.17) is 12.2 Å². The smallest absolute Gasteiger partial charge is 0.166 e. The van der Waals surface area contributed by atoms with Crippen LogP contribution >= 0.6 is 12.2 Å². The predicted octanol–water partition coefficient (Wildman–Crippen LogP) is 1.05. The Morgan fingerprint density at radius 1 is 1.60 bits per heavy atom. The molecule has 3 heteroatoms. The lowest BCUT2D eigenvalue weighted by Gasteiger charge is -2.06. The van der Waals surface area contributed by atoms with E-state index < -0.39 is 0 Å². The van der Waals surface area contributed by atoms with Crippen molar-refractivity contribution in [3.8, 4) is 0 Å². The molecule has 0 saturated carbocycles. The normalized spacial score (nSPS) is 8.50. The fourth-order valence-electron chi connectivity index (χ4n) is 0.466. The van der Waals surface area contributed by atoms with Crippen LogP contribution in [0.25, 0.3) is 0 Å². The van der Waals surface area contributed by atoms with Crippen molar-refractivity contribution in [2.75, 3.05) is 13.1 Å². The second kappa shape index (κ2) is 6.55. The van der Waals surface area contributed by atoms with Crippen molar-refractivity contribution in [2.24, 2.45) is 0 Å². The summed E-state index contributed by atoms with van der Waals surface area (Å²) < 4.78 is 0. The summed E-state index contributed by atoms with van der Waals surface area (Å²) in [6, 6.07) is 0. The molecule has 0 atom stereocenters. The van der Waals surface area contributed by atoms with Crippen molar-refractivity contribution in [3.05, 3.63) is 12.7 Å². The monoisotopic (exact) mass is 158 g/mol. The first kappa shape index (κ1) is 9.43. The predicted molar refractivity (Wildman–Crippen MR) is 49.1 cm³/mol.